The summed E-state index contributed by atoms with van der Waals surface area (Å²) < 4.78 is 12.0. The van der Waals surface area contributed by atoms with E-state index < -0.39 is 0 Å². The third kappa shape index (κ3) is 34.1. The quantitative estimate of drug-likeness (QED) is 0.0703. The summed E-state index contributed by atoms with van der Waals surface area (Å²) in [5.74, 6) is 0. The number of rotatable bonds is 36. The fourth-order valence-electron chi connectivity index (χ4n) is 5.77. The second kappa shape index (κ2) is 36.9. The molecule has 0 spiro atoms. The second-order valence-electron chi connectivity index (χ2n) is 12.7. The van der Waals surface area contributed by atoms with Gasteiger partial charge in [0.15, 0.2) is 0 Å². The van der Waals surface area contributed by atoms with Gasteiger partial charge in [0.1, 0.15) is 0 Å². The highest BCUT2D eigenvalue weighted by molar-refractivity contribution is 4.60. The number of ether oxygens (including phenoxy) is 2. The summed E-state index contributed by atoms with van der Waals surface area (Å²) in [6, 6.07) is 0. The van der Waals surface area contributed by atoms with E-state index in [1.54, 1.807) is 0 Å². The lowest BCUT2D eigenvalue weighted by Crippen LogP contribution is -2.14. The van der Waals surface area contributed by atoms with Gasteiger partial charge in [-0.25, -0.2) is 0 Å². The molecule has 0 saturated carbocycles. The van der Waals surface area contributed by atoms with Gasteiger partial charge in [-0.05, 0) is 32.1 Å². The molecule has 2 nitrogen and oxygen atoms in total. The number of unbranched alkanes of at least 4 members (excludes halogenated alkanes) is 26. The van der Waals surface area contributed by atoms with E-state index in [2.05, 4.69) is 20.8 Å². The molecule has 2 heteroatoms. The van der Waals surface area contributed by atoms with Crippen LogP contribution in [0.5, 0.6) is 0 Å². The maximum atomic E-state index is 6.11. The van der Waals surface area contributed by atoms with Crippen molar-refractivity contribution in [2.24, 2.45) is 0 Å². The van der Waals surface area contributed by atoms with Crippen molar-refractivity contribution in [3.8, 4) is 0 Å². The fourth-order valence-corrected chi connectivity index (χ4v) is 5.77. The van der Waals surface area contributed by atoms with E-state index in [9.17, 15) is 0 Å². The van der Waals surface area contributed by atoms with Crippen LogP contribution < -0.4 is 0 Å². The molecule has 241 valence electrons. The topological polar surface area (TPSA) is 18.5 Å². The summed E-state index contributed by atoms with van der Waals surface area (Å²) in [4.78, 5) is 0. The lowest BCUT2D eigenvalue weighted by Gasteiger charge is -2.16. The van der Waals surface area contributed by atoms with E-state index in [-0.39, 0.29) is 0 Å². The predicted molar refractivity (Wildman–Crippen MR) is 180 cm³/mol. The maximum Gasteiger partial charge on any atom is 0.0576 e. The molecule has 0 aliphatic heterocycles. The molecule has 1 atom stereocenters. The van der Waals surface area contributed by atoms with E-state index in [1.807, 2.05) is 0 Å². The van der Waals surface area contributed by atoms with Crippen molar-refractivity contribution in [1.29, 1.82) is 0 Å². The maximum absolute atomic E-state index is 6.11. The monoisotopic (exact) mass is 566 g/mol. The van der Waals surface area contributed by atoms with Gasteiger partial charge in [-0.15, -0.1) is 0 Å². The average Bonchev–Trinajstić information content (AvgIpc) is 2.97. The van der Waals surface area contributed by atoms with Gasteiger partial charge in [-0.3, -0.25) is 0 Å². The summed E-state index contributed by atoms with van der Waals surface area (Å²) in [5, 5.41) is 0. The zero-order chi connectivity index (χ0) is 29.0. The van der Waals surface area contributed by atoms with Gasteiger partial charge >= 0.3 is 0 Å². The highest BCUT2D eigenvalue weighted by Crippen LogP contribution is 2.15. The van der Waals surface area contributed by atoms with Gasteiger partial charge in [0, 0.05) is 19.8 Å². The van der Waals surface area contributed by atoms with Gasteiger partial charge in [-0.1, -0.05) is 188 Å². The van der Waals surface area contributed by atoms with E-state index in [1.165, 1.54) is 180 Å². The molecule has 0 rings (SSSR count). The molecule has 1 radical (unpaired) electrons. The van der Waals surface area contributed by atoms with Crippen LogP contribution in [0, 0.1) is 6.92 Å². The fraction of sp³-hybridized carbons (Fsp3) is 0.974. The molecule has 0 N–H and O–H groups in total. The highest BCUT2D eigenvalue weighted by Gasteiger charge is 2.06. The van der Waals surface area contributed by atoms with Crippen LogP contribution in [0.2, 0.25) is 0 Å². The van der Waals surface area contributed by atoms with Crippen molar-refractivity contribution in [3.63, 3.8) is 0 Å². The average molecular weight is 566 g/mol. The molecule has 0 aromatic carbocycles. The normalized spacial score (nSPS) is 12.4. The van der Waals surface area contributed by atoms with Crippen molar-refractivity contribution < 1.29 is 9.47 Å². The zero-order valence-electron chi connectivity index (χ0n) is 28.1. The SMILES string of the molecule is [CH2]CC(CCCOCCCCCCCCCCCCCCCC)OCCCCCCCCCCCCCCCC. The Morgan fingerprint density at radius 1 is 0.375 bits per heavy atom. The zero-order valence-corrected chi connectivity index (χ0v) is 28.1. The first-order valence-corrected chi connectivity index (χ1v) is 18.8. The number of hydrogen-bond donors (Lipinski definition) is 0. The first-order valence-electron chi connectivity index (χ1n) is 18.8. The van der Waals surface area contributed by atoms with Crippen molar-refractivity contribution in [2.45, 2.75) is 219 Å². The molecule has 0 saturated heterocycles. The van der Waals surface area contributed by atoms with Crippen LogP contribution in [-0.4, -0.2) is 25.9 Å². The van der Waals surface area contributed by atoms with E-state index in [0.29, 0.717) is 6.10 Å². The third-order valence-electron chi connectivity index (χ3n) is 8.63. The highest BCUT2D eigenvalue weighted by atomic mass is 16.5. The first-order chi connectivity index (χ1) is 19.8. The van der Waals surface area contributed by atoms with Crippen molar-refractivity contribution in [1.82, 2.24) is 0 Å². The summed E-state index contributed by atoms with van der Waals surface area (Å²) in [5.41, 5.74) is 0. The van der Waals surface area contributed by atoms with Crippen LogP contribution in [-0.2, 0) is 9.47 Å². The molecule has 0 aliphatic rings. The predicted octanol–water partition coefficient (Wildman–Crippen LogP) is 13.4. The Morgan fingerprint density at radius 3 is 1.02 bits per heavy atom. The van der Waals surface area contributed by atoms with Crippen LogP contribution in [0.25, 0.3) is 0 Å². The summed E-state index contributed by atoms with van der Waals surface area (Å²) in [6.45, 7) is 11.4. The Labute approximate surface area is 254 Å². The van der Waals surface area contributed by atoms with Crippen LogP contribution in [0.1, 0.15) is 213 Å². The van der Waals surface area contributed by atoms with E-state index in [4.69, 9.17) is 9.47 Å². The molecule has 0 amide bonds. The van der Waals surface area contributed by atoms with Crippen LogP contribution in [0.15, 0.2) is 0 Å². The van der Waals surface area contributed by atoms with Gasteiger partial charge in [0.05, 0.1) is 6.10 Å². The number of hydrogen-bond acceptors (Lipinski definition) is 2. The van der Waals surface area contributed by atoms with Gasteiger partial charge in [0.2, 0.25) is 0 Å². The summed E-state index contributed by atoms with van der Waals surface area (Å²) in [7, 11) is 0. The molecule has 0 bridgehead atoms. The van der Waals surface area contributed by atoms with E-state index >= 15 is 0 Å². The molecule has 0 fully saturated rings. The molecular weight excluding hydrogens is 488 g/mol. The second-order valence-corrected chi connectivity index (χ2v) is 12.7. The van der Waals surface area contributed by atoms with Crippen molar-refractivity contribution in [2.75, 3.05) is 19.8 Å². The summed E-state index contributed by atoms with van der Waals surface area (Å²) in [6.07, 6.45) is 42.9. The standard InChI is InChI=1S/C38H77O2/c1-4-7-9-11-13-15-17-19-21-23-25-27-29-31-35-39-36-33-34-38(6-3)40-37-32-30-28-26-24-22-20-18-16-14-12-10-8-5-2/h38H,3-37H2,1-2H3. The molecule has 0 heterocycles. The van der Waals surface area contributed by atoms with Crippen molar-refractivity contribution in [3.05, 3.63) is 6.92 Å². The van der Waals surface area contributed by atoms with Gasteiger partial charge < -0.3 is 9.47 Å². The van der Waals surface area contributed by atoms with Crippen LogP contribution in [0.3, 0.4) is 0 Å². The Bertz CT molecular complexity index is 424. The van der Waals surface area contributed by atoms with Crippen LogP contribution in [0.4, 0.5) is 0 Å². The largest absolute Gasteiger partial charge is 0.381 e. The Hall–Kier alpha value is -0.0800. The molecular formula is C38H77O2. The minimum atomic E-state index is 0.326. The smallest absolute Gasteiger partial charge is 0.0576 e. The van der Waals surface area contributed by atoms with Gasteiger partial charge in [0.25, 0.3) is 0 Å². The molecule has 1 unspecified atom stereocenters. The first kappa shape index (κ1) is 39.9. The Balaban J connectivity index is 3.24. The third-order valence-corrected chi connectivity index (χ3v) is 8.63. The van der Waals surface area contributed by atoms with Crippen LogP contribution >= 0.6 is 0 Å². The molecule has 0 aromatic heterocycles. The Kier molecular flexibility index (Phi) is 36.9. The van der Waals surface area contributed by atoms with E-state index in [0.717, 1.165) is 39.1 Å². The van der Waals surface area contributed by atoms with Gasteiger partial charge in [-0.2, -0.15) is 0 Å². The molecule has 40 heavy (non-hydrogen) atoms. The molecule has 0 aliphatic carbocycles. The lowest BCUT2D eigenvalue weighted by atomic mass is 10.0. The summed E-state index contributed by atoms with van der Waals surface area (Å²) >= 11 is 0. The Morgan fingerprint density at radius 2 is 0.675 bits per heavy atom. The lowest BCUT2D eigenvalue weighted by molar-refractivity contribution is 0.0364. The molecule has 0 aromatic rings. The minimum absolute atomic E-state index is 0.326. The van der Waals surface area contributed by atoms with Crippen molar-refractivity contribution >= 4 is 0 Å². The minimum Gasteiger partial charge on any atom is -0.381 e.